The minimum Gasteiger partial charge on any atom is -0.462 e. The largest absolute Gasteiger partial charge is 0.462 e. The number of esters is 1. The molecule has 2 aromatic rings. The number of aromatic nitrogens is 5. The average molecular weight is 235 g/mol. The van der Waals surface area contributed by atoms with Crippen molar-refractivity contribution in [2.45, 2.75) is 13.5 Å². The Hall–Kier alpha value is -2.18. The smallest absolute Gasteiger partial charge is 0.341 e. The predicted octanol–water partition coefficient (Wildman–Crippen LogP) is 0.237. The highest BCUT2D eigenvalue weighted by atomic mass is 16.5. The number of aryl methyl sites for hydroxylation is 1. The molecule has 0 saturated carbocycles. The van der Waals surface area contributed by atoms with Crippen LogP contribution in [-0.4, -0.2) is 37.4 Å². The third-order valence-corrected chi connectivity index (χ3v) is 2.12. The Bertz CT molecular complexity index is 516. The van der Waals surface area contributed by atoms with Crippen LogP contribution in [0.4, 0.5) is 0 Å². The lowest BCUT2D eigenvalue weighted by molar-refractivity contribution is 0.0526. The number of hydrogen-bond donors (Lipinski definition) is 0. The summed E-state index contributed by atoms with van der Waals surface area (Å²) in [6.45, 7) is 2.60. The van der Waals surface area contributed by atoms with E-state index in [0.29, 0.717) is 18.7 Å². The number of carbonyl (C=O) groups is 1. The molecule has 0 amide bonds. The predicted molar refractivity (Wildman–Crippen MR) is 58.3 cm³/mol. The molecular formula is C10H13N5O2. The molecule has 0 bridgehead atoms. The van der Waals surface area contributed by atoms with Crippen molar-refractivity contribution in [2.24, 2.45) is 7.05 Å². The zero-order chi connectivity index (χ0) is 12.3. The van der Waals surface area contributed by atoms with Gasteiger partial charge in [0.05, 0.1) is 24.9 Å². The maximum atomic E-state index is 11.4. The maximum Gasteiger partial charge on any atom is 0.341 e. The van der Waals surface area contributed by atoms with Gasteiger partial charge in [-0.25, -0.2) is 4.79 Å². The maximum absolute atomic E-state index is 11.4. The van der Waals surface area contributed by atoms with Gasteiger partial charge in [-0.15, -0.1) is 5.10 Å². The van der Waals surface area contributed by atoms with E-state index in [0.717, 1.165) is 5.69 Å². The molecule has 90 valence electrons. The summed E-state index contributed by atoms with van der Waals surface area (Å²) in [5.41, 5.74) is 1.22. The van der Waals surface area contributed by atoms with Gasteiger partial charge in [-0.2, -0.15) is 5.10 Å². The van der Waals surface area contributed by atoms with Gasteiger partial charge in [0.1, 0.15) is 5.69 Å². The minimum atomic E-state index is -0.363. The second-order valence-corrected chi connectivity index (χ2v) is 3.53. The van der Waals surface area contributed by atoms with Crippen LogP contribution >= 0.6 is 0 Å². The first-order valence-electron chi connectivity index (χ1n) is 5.24. The molecule has 0 atom stereocenters. The molecule has 0 saturated heterocycles. The summed E-state index contributed by atoms with van der Waals surface area (Å²) in [7, 11) is 1.80. The second kappa shape index (κ2) is 4.77. The Labute approximate surface area is 98.0 Å². The summed E-state index contributed by atoms with van der Waals surface area (Å²) in [4.78, 5) is 11.4. The monoisotopic (exact) mass is 235 g/mol. The van der Waals surface area contributed by atoms with E-state index in [1.165, 1.54) is 6.20 Å². The summed E-state index contributed by atoms with van der Waals surface area (Å²) in [6.07, 6.45) is 4.91. The normalized spacial score (nSPS) is 10.5. The van der Waals surface area contributed by atoms with Crippen LogP contribution in [0.25, 0.3) is 0 Å². The number of nitrogens with zero attached hydrogens (tertiary/aromatic N) is 5. The molecule has 0 fully saturated rings. The zero-order valence-corrected chi connectivity index (χ0v) is 9.70. The molecule has 17 heavy (non-hydrogen) atoms. The van der Waals surface area contributed by atoms with Gasteiger partial charge >= 0.3 is 5.97 Å². The molecule has 0 aliphatic carbocycles. The molecular weight excluding hydrogens is 222 g/mol. The van der Waals surface area contributed by atoms with Crippen LogP contribution in [0.1, 0.15) is 23.0 Å². The van der Waals surface area contributed by atoms with Crippen molar-refractivity contribution < 1.29 is 9.53 Å². The molecule has 0 unspecified atom stereocenters. The van der Waals surface area contributed by atoms with Gasteiger partial charge in [-0.05, 0) is 6.92 Å². The van der Waals surface area contributed by atoms with Crippen molar-refractivity contribution in [1.29, 1.82) is 0 Å². The molecule has 0 spiro atoms. The Morgan fingerprint density at radius 1 is 1.47 bits per heavy atom. The first kappa shape index (κ1) is 11.3. The Balaban J connectivity index is 2.06. The summed E-state index contributed by atoms with van der Waals surface area (Å²) < 4.78 is 8.11. The van der Waals surface area contributed by atoms with E-state index >= 15 is 0 Å². The van der Waals surface area contributed by atoms with Gasteiger partial charge in [0.25, 0.3) is 0 Å². The molecule has 2 aromatic heterocycles. The number of carbonyl (C=O) groups excluding carboxylic acids is 1. The van der Waals surface area contributed by atoms with Gasteiger partial charge in [0.2, 0.25) is 0 Å². The van der Waals surface area contributed by atoms with E-state index < -0.39 is 0 Å². The molecule has 7 nitrogen and oxygen atoms in total. The highest BCUT2D eigenvalue weighted by Crippen LogP contribution is 2.03. The van der Waals surface area contributed by atoms with E-state index in [1.807, 2.05) is 0 Å². The van der Waals surface area contributed by atoms with Gasteiger partial charge in [0, 0.05) is 19.4 Å². The van der Waals surface area contributed by atoms with Gasteiger partial charge in [0.15, 0.2) is 0 Å². The van der Waals surface area contributed by atoms with Crippen molar-refractivity contribution in [3.8, 4) is 0 Å². The van der Waals surface area contributed by atoms with Crippen molar-refractivity contribution in [3.63, 3.8) is 0 Å². The Morgan fingerprint density at radius 2 is 2.29 bits per heavy atom. The van der Waals surface area contributed by atoms with E-state index in [9.17, 15) is 4.79 Å². The molecule has 0 aliphatic rings. The second-order valence-electron chi connectivity index (χ2n) is 3.53. The molecule has 0 aromatic carbocycles. The van der Waals surface area contributed by atoms with Crippen LogP contribution in [-0.2, 0) is 18.3 Å². The number of rotatable bonds is 4. The summed E-state index contributed by atoms with van der Waals surface area (Å²) in [5.74, 6) is -0.363. The molecule has 0 N–H and O–H groups in total. The third kappa shape index (κ3) is 2.68. The van der Waals surface area contributed by atoms with E-state index in [-0.39, 0.29) is 5.97 Å². The molecule has 0 aliphatic heterocycles. The van der Waals surface area contributed by atoms with Crippen molar-refractivity contribution >= 4 is 5.97 Å². The van der Waals surface area contributed by atoms with Crippen LogP contribution in [0.5, 0.6) is 0 Å². The lowest BCUT2D eigenvalue weighted by atomic mass is 10.4. The van der Waals surface area contributed by atoms with Crippen LogP contribution in [0.3, 0.4) is 0 Å². The zero-order valence-electron chi connectivity index (χ0n) is 9.70. The molecule has 2 rings (SSSR count). The van der Waals surface area contributed by atoms with Crippen LogP contribution in [0.15, 0.2) is 18.6 Å². The topological polar surface area (TPSA) is 74.8 Å². The highest BCUT2D eigenvalue weighted by Gasteiger charge is 2.09. The Morgan fingerprint density at radius 3 is 2.94 bits per heavy atom. The lowest BCUT2D eigenvalue weighted by Crippen LogP contribution is -2.04. The van der Waals surface area contributed by atoms with Crippen LogP contribution in [0.2, 0.25) is 0 Å². The van der Waals surface area contributed by atoms with E-state index in [4.69, 9.17) is 4.74 Å². The van der Waals surface area contributed by atoms with Crippen molar-refractivity contribution in [3.05, 3.63) is 29.8 Å². The molecule has 7 heteroatoms. The standard InChI is InChI=1S/C10H13N5O2/c1-3-17-10(16)8-4-11-15(5-8)7-9-6-14(2)13-12-9/h4-6H,3,7H2,1-2H3. The SMILES string of the molecule is CCOC(=O)c1cnn(Cc2cn(C)nn2)c1. The minimum absolute atomic E-state index is 0.355. The fourth-order valence-corrected chi connectivity index (χ4v) is 1.40. The van der Waals surface area contributed by atoms with Crippen molar-refractivity contribution in [2.75, 3.05) is 6.61 Å². The van der Waals surface area contributed by atoms with E-state index in [1.54, 1.807) is 35.7 Å². The molecule has 0 radical (unpaired) electrons. The molecule has 2 heterocycles. The first-order valence-corrected chi connectivity index (χ1v) is 5.24. The van der Waals surface area contributed by atoms with E-state index in [2.05, 4.69) is 15.4 Å². The third-order valence-electron chi connectivity index (χ3n) is 2.12. The quantitative estimate of drug-likeness (QED) is 0.709. The van der Waals surface area contributed by atoms with Gasteiger partial charge in [-0.1, -0.05) is 5.21 Å². The fourth-order valence-electron chi connectivity index (χ4n) is 1.40. The van der Waals surface area contributed by atoms with Crippen LogP contribution < -0.4 is 0 Å². The number of ether oxygens (including phenoxy) is 1. The summed E-state index contributed by atoms with van der Waals surface area (Å²) in [5, 5.41) is 11.8. The number of hydrogen-bond acceptors (Lipinski definition) is 5. The first-order chi connectivity index (χ1) is 8.19. The van der Waals surface area contributed by atoms with Gasteiger partial charge < -0.3 is 4.74 Å². The Kier molecular flexibility index (Phi) is 3.17. The fraction of sp³-hybridized carbons (Fsp3) is 0.400. The van der Waals surface area contributed by atoms with Gasteiger partial charge in [-0.3, -0.25) is 9.36 Å². The average Bonchev–Trinajstić information content (AvgIpc) is 2.89. The summed E-state index contributed by atoms with van der Waals surface area (Å²) in [6, 6.07) is 0. The highest BCUT2D eigenvalue weighted by molar-refractivity contribution is 5.88. The van der Waals surface area contributed by atoms with Crippen LogP contribution in [0, 0.1) is 0 Å². The lowest BCUT2D eigenvalue weighted by Gasteiger charge is -1.97. The van der Waals surface area contributed by atoms with Crippen molar-refractivity contribution in [1.82, 2.24) is 24.8 Å². The summed E-state index contributed by atoms with van der Waals surface area (Å²) >= 11 is 0.